The third kappa shape index (κ3) is 4.63. The summed E-state index contributed by atoms with van der Waals surface area (Å²) < 4.78 is 34.3. The number of aromatic nitrogens is 2. The molecule has 3 rings (SSSR count). The average molecular weight is 468 g/mol. The van der Waals surface area contributed by atoms with Gasteiger partial charge >= 0.3 is 17.4 Å². The predicted molar refractivity (Wildman–Crippen MR) is 94.8 cm³/mol. The standard InChI is InChI=1S/C16H13N5O7S.Cr/c1-9-15(18-17-13-8-11(21(24)25)5-6-14(13)22)16(23)20(19-9)10-3-2-4-12(7-10)29(26,27)28;/h2-8H,1H3,(H3,17,18,19,22,23,26,27,28);/q;+3/p-3. The molecule has 0 atom stereocenters. The maximum Gasteiger partial charge on any atom is 3.00 e. The van der Waals surface area contributed by atoms with E-state index in [0.717, 1.165) is 35.0 Å². The normalized spacial score (nSPS) is 11.4. The molecule has 0 aliphatic rings. The summed E-state index contributed by atoms with van der Waals surface area (Å²) in [5.41, 5.74) is -1.65. The van der Waals surface area contributed by atoms with Gasteiger partial charge in [-0.1, -0.05) is 24.8 Å². The van der Waals surface area contributed by atoms with Gasteiger partial charge in [0.15, 0.2) is 0 Å². The fourth-order valence-electron chi connectivity index (χ4n) is 2.36. The molecule has 30 heavy (non-hydrogen) atoms. The van der Waals surface area contributed by atoms with Crippen molar-refractivity contribution in [2.75, 3.05) is 0 Å². The second-order valence-electron chi connectivity index (χ2n) is 5.71. The van der Waals surface area contributed by atoms with E-state index in [1.54, 1.807) is 0 Å². The van der Waals surface area contributed by atoms with Gasteiger partial charge in [-0.25, -0.2) is 8.42 Å². The first-order chi connectivity index (χ1) is 13.6. The van der Waals surface area contributed by atoms with Crippen LogP contribution in [0, 0.1) is 17.0 Å². The zero-order valence-electron chi connectivity index (χ0n) is 15.0. The second-order valence-corrected chi connectivity index (χ2v) is 7.09. The summed E-state index contributed by atoms with van der Waals surface area (Å²) in [6.45, 7) is 1.42. The largest absolute Gasteiger partial charge is 3.00 e. The van der Waals surface area contributed by atoms with Crippen LogP contribution in [0.2, 0.25) is 0 Å². The van der Waals surface area contributed by atoms with E-state index < -0.39 is 31.2 Å². The zero-order valence-corrected chi connectivity index (χ0v) is 17.0. The third-order valence-corrected chi connectivity index (χ3v) is 4.58. The SMILES string of the molecule is Cc1[n-]n(-c2cccc(S(=O)(=O)[O-])c2)c(=O)c1N=Nc1cc([N+](=O)[O-])ccc1[O-].[Cr+3]. The van der Waals surface area contributed by atoms with Crippen LogP contribution < -0.4 is 15.8 Å². The van der Waals surface area contributed by atoms with Crippen LogP contribution in [-0.2, 0) is 27.5 Å². The van der Waals surface area contributed by atoms with Crippen molar-refractivity contribution >= 4 is 27.2 Å². The van der Waals surface area contributed by atoms with E-state index in [4.69, 9.17) is 0 Å². The Bertz CT molecular complexity index is 1310. The first-order valence-electron chi connectivity index (χ1n) is 7.78. The number of benzene rings is 2. The molecule has 0 spiro atoms. The molecule has 0 aliphatic carbocycles. The summed E-state index contributed by atoms with van der Waals surface area (Å²) in [7, 11) is -4.74. The molecule has 0 saturated carbocycles. The molecule has 153 valence electrons. The Morgan fingerprint density at radius 1 is 1.13 bits per heavy atom. The van der Waals surface area contributed by atoms with Gasteiger partial charge in [-0.15, -0.1) is 10.8 Å². The molecule has 0 N–H and O–H groups in total. The van der Waals surface area contributed by atoms with Crippen molar-refractivity contribution in [1.82, 2.24) is 9.78 Å². The number of nitro groups is 1. The molecule has 14 heteroatoms. The Morgan fingerprint density at radius 3 is 2.47 bits per heavy atom. The maximum atomic E-state index is 12.6. The number of rotatable bonds is 5. The zero-order chi connectivity index (χ0) is 21.3. The third-order valence-electron chi connectivity index (χ3n) is 3.75. The molecule has 1 aromatic heterocycles. The van der Waals surface area contributed by atoms with E-state index in [9.17, 15) is 33.0 Å². The average Bonchev–Trinajstić information content (AvgIpc) is 2.94. The van der Waals surface area contributed by atoms with Gasteiger partial charge < -0.3 is 19.4 Å². The Labute approximate surface area is 179 Å². The number of hydrogen-bond donors (Lipinski definition) is 0. The maximum absolute atomic E-state index is 12.6. The minimum Gasteiger partial charge on any atom is -0.871 e. The van der Waals surface area contributed by atoms with Gasteiger partial charge in [-0.2, -0.15) is 5.11 Å². The molecule has 3 aromatic rings. The van der Waals surface area contributed by atoms with Crippen LogP contribution in [-0.4, -0.2) is 22.6 Å². The number of nitrogens with zero attached hydrogens (tertiary/aromatic N) is 5. The van der Waals surface area contributed by atoms with Crippen molar-refractivity contribution in [2.45, 2.75) is 11.8 Å². The van der Waals surface area contributed by atoms with Gasteiger partial charge in [0.25, 0.3) is 11.2 Å². The van der Waals surface area contributed by atoms with E-state index in [1.807, 2.05) is 0 Å². The first kappa shape index (κ1) is 23.0. The van der Waals surface area contributed by atoms with Crippen molar-refractivity contribution in [2.24, 2.45) is 10.2 Å². The molecule has 12 nitrogen and oxygen atoms in total. The van der Waals surface area contributed by atoms with E-state index in [0.29, 0.717) is 0 Å². The van der Waals surface area contributed by atoms with Crippen molar-refractivity contribution in [3.63, 3.8) is 0 Å². The number of azo groups is 1. The van der Waals surface area contributed by atoms with Crippen molar-refractivity contribution < 1.29 is 40.4 Å². The second kappa shape index (κ2) is 8.59. The van der Waals surface area contributed by atoms with Crippen LogP contribution in [0.25, 0.3) is 5.69 Å². The Morgan fingerprint density at radius 2 is 1.83 bits per heavy atom. The summed E-state index contributed by atoms with van der Waals surface area (Å²) in [5, 5.41) is 33.8. The molecule has 0 fully saturated rings. The van der Waals surface area contributed by atoms with Gasteiger partial charge in [-0.05, 0) is 18.2 Å². The van der Waals surface area contributed by atoms with Crippen LogP contribution in [0.1, 0.15) is 5.69 Å². The molecule has 1 radical (unpaired) electrons. The topological polar surface area (TPSA) is 184 Å². The summed E-state index contributed by atoms with van der Waals surface area (Å²) in [6, 6.07) is 7.57. The molecule has 2 aromatic carbocycles. The fraction of sp³-hybridized carbons (Fsp3) is 0.0625. The molecule has 0 aliphatic heterocycles. The first-order valence-corrected chi connectivity index (χ1v) is 9.19. The molecular weight excluding hydrogens is 458 g/mol. The minimum atomic E-state index is -4.74. The van der Waals surface area contributed by atoms with Crippen LogP contribution in [0.5, 0.6) is 5.75 Å². The summed E-state index contributed by atoms with van der Waals surface area (Å²) >= 11 is 0. The van der Waals surface area contributed by atoms with Crippen molar-refractivity contribution in [3.8, 4) is 11.4 Å². The Balaban J connectivity index is 0.00000320. The van der Waals surface area contributed by atoms with Gasteiger partial charge in [0.1, 0.15) is 15.8 Å². The smallest absolute Gasteiger partial charge is 0.871 e. The van der Waals surface area contributed by atoms with Crippen molar-refractivity contribution in [3.05, 3.63) is 68.6 Å². The molecule has 0 unspecified atom stereocenters. The number of non-ortho nitro benzene ring substituents is 1. The number of aryl methyl sites for hydroxylation is 1. The molecular formula is C16H10CrN5O7S. The Kier molecular flexibility index (Phi) is 6.58. The quantitative estimate of drug-likeness (QED) is 0.233. The van der Waals surface area contributed by atoms with Gasteiger partial charge in [0, 0.05) is 17.8 Å². The monoisotopic (exact) mass is 468 g/mol. The minimum absolute atomic E-state index is 0. The Hall–Kier alpha value is -3.31. The molecule has 0 bridgehead atoms. The van der Waals surface area contributed by atoms with E-state index in [2.05, 4.69) is 15.3 Å². The summed E-state index contributed by atoms with van der Waals surface area (Å²) in [5.74, 6) is -0.634. The van der Waals surface area contributed by atoms with Crippen molar-refractivity contribution in [1.29, 1.82) is 0 Å². The van der Waals surface area contributed by atoms with E-state index in [-0.39, 0.29) is 45.8 Å². The van der Waals surface area contributed by atoms with E-state index in [1.165, 1.54) is 19.1 Å². The van der Waals surface area contributed by atoms with E-state index >= 15 is 0 Å². The summed E-state index contributed by atoms with van der Waals surface area (Å²) in [4.78, 5) is 22.1. The predicted octanol–water partition coefficient (Wildman–Crippen LogP) is 1.40. The fourth-order valence-corrected chi connectivity index (χ4v) is 2.87. The summed E-state index contributed by atoms with van der Waals surface area (Å²) in [6.07, 6.45) is 0. The van der Waals surface area contributed by atoms with Gasteiger partial charge in [0.05, 0.1) is 15.5 Å². The number of nitro benzene ring substituents is 1. The van der Waals surface area contributed by atoms with Crippen LogP contribution >= 0.6 is 0 Å². The van der Waals surface area contributed by atoms with Crippen LogP contribution in [0.15, 0.2) is 62.4 Å². The molecule has 0 amide bonds. The molecule has 1 heterocycles. The van der Waals surface area contributed by atoms with Crippen LogP contribution in [0.3, 0.4) is 0 Å². The van der Waals surface area contributed by atoms with Gasteiger partial charge in [-0.3, -0.25) is 14.9 Å². The van der Waals surface area contributed by atoms with Crippen LogP contribution in [0.4, 0.5) is 17.1 Å². The number of hydrogen-bond acceptors (Lipinski definition) is 9. The molecule has 0 saturated heterocycles. The van der Waals surface area contributed by atoms with Gasteiger partial charge in [0.2, 0.25) is 0 Å².